The Kier molecular flexibility index (Phi) is 6.08. The van der Waals surface area contributed by atoms with Crippen LogP contribution >= 0.6 is 34.7 Å². The Hall–Kier alpha value is -2.03. The minimum absolute atomic E-state index is 0.0231. The molecule has 0 unspecified atom stereocenters. The Morgan fingerprint density at radius 1 is 1.30 bits per heavy atom. The monoisotopic (exact) mass is 430 g/mol. The van der Waals surface area contributed by atoms with Crippen molar-refractivity contribution in [2.24, 2.45) is 5.92 Å². The Morgan fingerprint density at radius 3 is 2.70 bits per heavy atom. The number of rotatable bonds is 6. The van der Waals surface area contributed by atoms with Crippen molar-refractivity contribution in [2.45, 2.75) is 26.5 Å². The molecule has 1 aliphatic rings. The zero-order chi connectivity index (χ0) is 19.6. The molecule has 1 N–H and O–H groups in total. The van der Waals surface area contributed by atoms with Crippen LogP contribution in [-0.4, -0.2) is 29.1 Å². The summed E-state index contributed by atoms with van der Waals surface area (Å²) in [5.74, 6) is -0.173. The van der Waals surface area contributed by atoms with Gasteiger partial charge >= 0.3 is 5.97 Å². The molecule has 1 aromatic carbocycles. The highest BCUT2D eigenvalue weighted by atomic mass is 35.5. The van der Waals surface area contributed by atoms with Crippen molar-refractivity contribution in [1.29, 1.82) is 0 Å². The molecule has 0 saturated heterocycles. The summed E-state index contributed by atoms with van der Waals surface area (Å²) in [6, 6.07) is 5.38. The van der Waals surface area contributed by atoms with Crippen LogP contribution in [0.25, 0.3) is 0 Å². The topological polar surface area (TPSA) is 86.8 Å². The highest BCUT2D eigenvalue weighted by molar-refractivity contribution is 7.11. The first-order chi connectivity index (χ1) is 12.9. The standard InChI is InChI=1S/C17H16Cl2N2O5S/c1-8(2)14(26-17(23)13-12(18)15(19)27-21-13)16(22)20-6-9-3-4-10-11(5-9)25-7-24-10/h3-5,8,14H,6-7H2,1-2H3,(H,20,22)/t14-/m1/s1. The second kappa shape index (κ2) is 8.33. The molecule has 1 amide bonds. The van der Waals surface area contributed by atoms with Gasteiger partial charge in [0.1, 0.15) is 9.36 Å². The first kappa shape index (κ1) is 19.7. The third-order valence-electron chi connectivity index (χ3n) is 3.79. The molecule has 2 aromatic rings. The summed E-state index contributed by atoms with van der Waals surface area (Å²) in [6.07, 6.45) is -0.997. The molecule has 144 valence electrons. The number of carbonyl (C=O) groups excluding carboxylic acids is 2. The summed E-state index contributed by atoms with van der Waals surface area (Å²) in [4.78, 5) is 24.8. The van der Waals surface area contributed by atoms with E-state index in [1.165, 1.54) is 0 Å². The average molecular weight is 431 g/mol. The number of fused-ring (bicyclic) bond motifs is 1. The number of ether oxygens (including phenoxy) is 3. The molecule has 0 spiro atoms. The van der Waals surface area contributed by atoms with Gasteiger partial charge in [0.2, 0.25) is 6.79 Å². The molecule has 10 heteroatoms. The number of aromatic nitrogens is 1. The molecule has 0 radical (unpaired) electrons. The number of hydrogen-bond donors (Lipinski definition) is 1. The van der Waals surface area contributed by atoms with E-state index in [9.17, 15) is 9.59 Å². The molecular formula is C17H16Cl2N2O5S. The highest BCUT2D eigenvalue weighted by Crippen LogP contribution is 2.32. The molecule has 0 bridgehead atoms. The van der Waals surface area contributed by atoms with Crippen LogP contribution in [0.2, 0.25) is 9.36 Å². The molecule has 0 saturated carbocycles. The highest BCUT2D eigenvalue weighted by Gasteiger charge is 2.29. The number of hydrogen-bond acceptors (Lipinski definition) is 7. The van der Waals surface area contributed by atoms with E-state index in [-0.39, 0.29) is 34.3 Å². The number of nitrogens with one attached hydrogen (secondary N) is 1. The minimum Gasteiger partial charge on any atom is -0.454 e. The van der Waals surface area contributed by atoms with Crippen LogP contribution in [0, 0.1) is 5.92 Å². The lowest BCUT2D eigenvalue weighted by atomic mass is 10.1. The quantitative estimate of drug-likeness (QED) is 0.703. The molecule has 1 atom stereocenters. The van der Waals surface area contributed by atoms with Gasteiger partial charge in [-0.15, -0.1) is 0 Å². The van der Waals surface area contributed by atoms with E-state index in [2.05, 4.69) is 9.69 Å². The van der Waals surface area contributed by atoms with E-state index in [1.54, 1.807) is 26.0 Å². The summed E-state index contributed by atoms with van der Waals surface area (Å²) < 4.78 is 19.9. The maximum atomic E-state index is 12.5. The molecule has 27 heavy (non-hydrogen) atoms. The van der Waals surface area contributed by atoms with Crippen LogP contribution in [0.1, 0.15) is 29.9 Å². The second-order valence-electron chi connectivity index (χ2n) is 6.09. The molecule has 2 heterocycles. The maximum absolute atomic E-state index is 12.5. The summed E-state index contributed by atoms with van der Waals surface area (Å²) in [7, 11) is 0. The number of amides is 1. The fourth-order valence-corrected chi connectivity index (χ4v) is 3.37. The summed E-state index contributed by atoms with van der Waals surface area (Å²) in [6.45, 7) is 3.97. The van der Waals surface area contributed by atoms with E-state index in [0.29, 0.717) is 11.5 Å². The number of carbonyl (C=O) groups is 2. The van der Waals surface area contributed by atoms with Crippen molar-refractivity contribution >= 4 is 46.6 Å². The van der Waals surface area contributed by atoms with Gasteiger partial charge in [-0.05, 0) is 35.1 Å². The van der Waals surface area contributed by atoms with E-state index < -0.39 is 18.0 Å². The molecule has 7 nitrogen and oxygen atoms in total. The largest absolute Gasteiger partial charge is 0.454 e. The Labute approximate surface area is 169 Å². The van der Waals surface area contributed by atoms with Crippen LogP contribution in [0.15, 0.2) is 18.2 Å². The molecule has 0 aliphatic carbocycles. The van der Waals surface area contributed by atoms with Crippen LogP contribution < -0.4 is 14.8 Å². The maximum Gasteiger partial charge on any atom is 0.360 e. The number of esters is 1. The molecule has 1 aliphatic heterocycles. The van der Waals surface area contributed by atoms with E-state index in [1.807, 2.05) is 6.07 Å². The third kappa shape index (κ3) is 4.45. The van der Waals surface area contributed by atoms with Gasteiger partial charge in [0.05, 0.1) is 0 Å². The van der Waals surface area contributed by atoms with E-state index in [4.69, 9.17) is 37.4 Å². The van der Waals surface area contributed by atoms with Crippen LogP contribution in [-0.2, 0) is 16.1 Å². The molecule has 0 fully saturated rings. The molecule has 1 aromatic heterocycles. The average Bonchev–Trinajstić information content (AvgIpc) is 3.23. The van der Waals surface area contributed by atoms with Crippen molar-refractivity contribution in [3.63, 3.8) is 0 Å². The first-order valence-corrected chi connectivity index (χ1v) is 9.57. The number of benzene rings is 1. The van der Waals surface area contributed by atoms with Gasteiger partial charge < -0.3 is 19.5 Å². The van der Waals surface area contributed by atoms with Gasteiger partial charge in [0.25, 0.3) is 5.91 Å². The fourth-order valence-electron chi connectivity index (χ4n) is 2.39. The van der Waals surface area contributed by atoms with Gasteiger partial charge in [-0.25, -0.2) is 4.79 Å². The summed E-state index contributed by atoms with van der Waals surface area (Å²) in [5, 5.41) is 2.78. The zero-order valence-electron chi connectivity index (χ0n) is 14.5. The van der Waals surface area contributed by atoms with Crippen molar-refractivity contribution in [1.82, 2.24) is 9.69 Å². The van der Waals surface area contributed by atoms with Crippen LogP contribution in [0.4, 0.5) is 0 Å². The zero-order valence-corrected chi connectivity index (χ0v) is 16.8. The van der Waals surface area contributed by atoms with Gasteiger partial charge in [0, 0.05) is 6.54 Å². The number of nitrogens with zero attached hydrogens (tertiary/aromatic N) is 1. The lowest BCUT2D eigenvalue weighted by Crippen LogP contribution is -2.40. The summed E-state index contributed by atoms with van der Waals surface area (Å²) >= 11 is 12.6. The van der Waals surface area contributed by atoms with Gasteiger partial charge in [-0.3, -0.25) is 4.79 Å². The Bertz CT molecular complexity index is 871. The van der Waals surface area contributed by atoms with Crippen LogP contribution in [0.3, 0.4) is 0 Å². The first-order valence-electron chi connectivity index (χ1n) is 8.04. The SMILES string of the molecule is CC(C)[C@@H](OC(=O)c1nsc(Cl)c1Cl)C(=O)NCc1ccc2c(c1)OCO2. The smallest absolute Gasteiger partial charge is 0.360 e. The fraction of sp³-hybridized carbons (Fsp3) is 0.353. The van der Waals surface area contributed by atoms with E-state index >= 15 is 0 Å². The van der Waals surface area contributed by atoms with Gasteiger partial charge in [-0.2, -0.15) is 4.37 Å². The summed E-state index contributed by atoms with van der Waals surface area (Å²) in [5.41, 5.74) is 0.733. The number of halogens is 2. The van der Waals surface area contributed by atoms with Crippen LogP contribution in [0.5, 0.6) is 11.5 Å². The van der Waals surface area contributed by atoms with E-state index in [0.717, 1.165) is 17.1 Å². The lowest BCUT2D eigenvalue weighted by Gasteiger charge is -2.20. The van der Waals surface area contributed by atoms with Crippen molar-refractivity contribution in [3.8, 4) is 11.5 Å². The van der Waals surface area contributed by atoms with Crippen molar-refractivity contribution in [3.05, 3.63) is 38.8 Å². The lowest BCUT2D eigenvalue weighted by molar-refractivity contribution is -0.132. The minimum atomic E-state index is -0.997. The van der Waals surface area contributed by atoms with Crippen molar-refractivity contribution in [2.75, 3.05) is 6.79 Å². The molecule has 3 rings (SSSR count). The Balaban J connectivity index is 1.63. The predicted molar refractivity (Wildman–Crippen MR) is 101 cm³/mol. The van der Waals surface area contributed by atoms with Crippen molar-refractivity contribution < 1.29 is 23.8 Å². The predicted octanol–water partition coefficient (Wildman–Crippen LogP) is 3.68. The normalized spacial score (nSPS) is 13.5. The van der Waals surface area contributed by atoms with Gasteiger partial charge in [0.15, 0.2) is 23.3 Å². The molecular weight excluding hydrogens is 415 g/mol. The Morgan fingerprint density at radius 2 is 2.04 bits per heavy atom. The second-order valence-corrected chi connectivity index (χ2v) is 7.85. The van der Waals surface area contributed by atoms with Gasteiger partial charge in [-0.1, -0.05) is 43.1 Å². The third-order valence-corrected chi connectivity index (χ3v) is 5.40.